The summed E-state index contributed by atoms with van der Waals surface area (Å²) in [7, 11) is 0. The van der Waals surface area contributed by atoms with Gasteiger partial charge >= 0.3 is 0 Å². The summed E-state index contributed by atoms with van der Waals surface area (Å²) < 4.78 is 6.83. The van der Waals surface area contributed by atoms with E-state index >= 15 is 0 Å². The van der Waals surface area contributed by atoms with Crippen LogP contribution in [0.5, 0.6) is 11.5 Å². The van der Waals surface area contributed by atoms with Crippen LogP contribution in [0.15, 0.2) is 24.5 Å². The summed E-state index contributed by atoms with van der Waals surface area (Å²) in [4.78, 5) is 28.0. The van der Waals surface area contributed by atoms with Crippen LogP contribution >= 0.6 is 0 Å². The monoisotopic (exact) mass is 512 g/mol. The van der Waals surface area contributed by atoms with Gasteiger partial charge in [0.25, 0.3) is 0 Å². The largest absolute Gasteiger partial charge is 0.504 e. The van der Waals surface area contributed by atoms with E-state index in [0.29, 0.717) is 23.5 Å². The SMILES string of the molecule is O=C(Cc1ncc(C2CC2)cn1)N1CC[C@@]23CC[C@@H]1[C@@H]1Oc4c(O)ccc5c4[C@@]12CCN(CC1CC1)[C@@H]3C5. The van der Waals surface area contributed by atoms with Crippen LogP contribution in [0.1, 0.15) is 79.8 Å². The predicted octanol–water partition coefficient (Wildman–Crippen LogP) is 3.72. The number of rotatable bonds is 5. The highest BCUT2D eigenvalue weighted by molar-refractivity contribution is 5.79. The zero-order valence-electron chi connectivity index (χ0n) is 21.9. The second kappa shape index (κ2) is 7.50. The maximum Gasteiger partial charge on any atom is 0.230 e. The molecule has 1 aromatic heterocycles. The van der Waals surface area contributed by atoms with Crippen LogP contribution in [-0.2, 0) is 23.1 Å². The van der Waals surface area contributed by atoms with Crippen LogP contribution in [0.2, 0.25) is 0 Å². The first-order valence-corrected chi connectivity index (χ1v) is 14.9. The lowest BCUT2D eigenvalue weighted by Crippen LogP contribution is -2.72. The third-order valence-corrected chi connectivity index (χ3v) is 11.6. The van der Waals surface area contributed by atoms with Crippen LogP contribution in [0.25, 0.3) is 0 Å². The molecule has 3 saturated heterocycles. The van der Waals surface area contributed by atoms with Crippen molar-refractivity contribution in [1.29, 1.82) is 0 Å². The van der Waals surface area contributed by atoms with Crippen molar-refractivity contribution in [3.63, 3.8) is 0 Å². The lowest BCUT2D eigenvalue weighted by molar-refractivity contribution is -0.143. The van der Waals surface area contributed by atoms with E-state index in [1.807, 2.05) is 18.5 Å². The molecule has 1 N–H and O–H groups in total. The van der Waals surface area contributed by atoms with Gasteiger partial charge in [0.05, 0.1) is 12.5 Å². The van der Waals surface area contributed by atoms with E-state index in [0.717, 1.165) is 51.1 Å². The van der Waals surface area contributed by atoms with Gasteiger partial charge in [-0.3, -0.25) is 9.69 Å². The van der Waals surface area contributed by atoms with Gasteiger partial charge in [0.15, 0.2) is 11.5 Å². The van der Waals surface area contributed by atoms with Gasteiger partial charge < -0.3 is 14.7 Å². The number of nitrogens with zero attached hydrogens (tertiary/aromatic N) is 4. The Bertz CT molecular complexity index is 1340. The van der Waals surface area contributed by atoms with E-state index in [2.05, 4.69) is 25.8 Å². The van der Waals surface area contributed by atoms with Crippen molar-refractivity contribution in [3.8, 4) is 11.5 Å². The molecule has 6 fully saturated rings. The lowest BCUT2D eigenvalue weighted by atomic mass is 9.42. The second-order valence-corrected chi connectivity index (χ2v) is 13.3. The van der Waals surface area contributed by atoms with Crippen molar-refractivity contribution < 1.29 is 14.6 Å². The molecule has 10 rings (SSSR count). The van der Waals surface area contributed by atoms with Crippen molar-refractivity contribution in [2.75, 3.05) is 19.6 Å². The first kappa shape index (κ1) is 22.2. The quantitative estimate of drug-likeness (QED) is 0.658. The average Bonchev–Trinajstić information content (AvgIpc) is 3.83. The zero-order chi connectivity index (χ0) is 25.2. The van der Waals surface area contributed by atoms with Gasteiger partial charge in [-0.25, -0.2) is 9.97 Å². The molecule has 5 atom stereocenters. The van der Waals surface area contributed by atoms with Crippen LogP contribution in [0.3, 0.4) is 0 Å². The van der Waals surface area contributed by atoms with Crippen LogP contribution in [0.4, 0.5) is 0 Å². The molecule has 38 heavy (non-hydrogen) atoms. The third-order valence-electron chi connectivity index (χ3n) is 11.6. The standard InChI is InChI=1S/C31H36N4O3/c36-23-6-5-20-13-24-30-8-7-22(29-31(30,27(20)28(23)38-29)10-11-34(24)17-18-1-2-18)35(12-9-30)26(37)14-25-32-15-21(16-33-25)19-3-4-19/h5-6,15-16,18-19,22,24,29,36H,1-4,7-14,17H2/t22-,24-,29+,30-,31+/m1/s1. The van der Waals surface area contributed by atoms with Crippen molar-refractivity contribution >= 4 is 5.91 Å². The summed E-state index contributed by atoms with van der Waals surface area (Å²) in [6.45, 7) is 3.09. The van der Waals surface area contributed by atoms with Crippen LogP contribution < -0.4 is 4.74 Å². The molecular formula is C31H36N4O3. The summed E-state index contributed by atoms with van der Waals surface area (Å²) >= 11 is 0. The molecule has 8 aliphatic rings. The summed E-state index contributed by atoms with van der Waals surface area (Å²) in [6, 6.07) is 4.51. The number of fused-ring (bicyclic) bond motifs is 3. The number of aromatic hydroxyl groups is 1. The first-order chi connectivity index (χ1) is 18.6. The van der Waals surface area contributed by atoms with E-state index in [-0.39, 0.29) is 41.1 Å². The number of hydrogen-bond donors (Lipinski definition) is 1. The normalized spacial score (nSPS) is 36.5. The molecule has 198 valence electrons. The fourth-order valence-corrected chi connectivity index (χ4v) is 9.62. The van der Waals surface area contributed by atoms with Crippen LogP contribution in [-0.4, -0.2) is 68.6 Å². The molecule has 7 nitrogen and oxygen atoms in total. The lowest BCUT2D eigenvalue weighted by Gasteiger charge is -2.66. The highest BCUT2D eigenvalue weighted by Gasteiger charge is 2.74. The number of ether oxygens (including phenoxy) is 1. The van der Waals surface area contributed by atoms with Gasteiger partial charge in [-0.15, -0.1) is 0 Å². The Kier molecular flexibility index (Phi) is 4.37. The fourth-order valence-electron chi connectivity index (χ4n) is 9.62. The molecule has 4 aliphatic carbocycles. The van der Waals surface area contributed by atoms with Gasteiger partial charge in [0, 0.05) is 47.9 Å². The topological polar surface area (TPSA) is 78.8 Å². The number of hydrogen-bond acceptors (Lipinski definition) is 6. The summed E-state index contributed by atoms with van der Waals surface area (Å²) in [5.41, 5.74) is 3.84. The smallest absolute Gasteiger partial charge is 0.230 e. The van der Waals surface area contributed by atoms with E-state index in [9.17, 15) is 9.90 Å². The molecule has 4 aliphatic heterocycles. The maximum absolute atomic E-state index is 13.9. The molecule has 5 heterocycles. The molecule has 7 heteroatoms. The third kappa shape index (κ3) is 2.81. The molecule has 1 amide bonds. The van der Waals surface area contributed by atoms with Gasteiger partial charge in [-0.1, -0.05) is 6.07 Å². The van der Waals surface area contributed by atoms with Crippen LogP contribution in [0, 0.1) is 11.3 Å². The second-order valence-electron chi connectivity index (χ2n) is 13.3. The van der Waals surface area contributed by atoms with E-state index < -0.39 is 0 Å². The number of phenols is 1. The van der Waals surface area contributed by atoms with Crippen molar-refractivity contribution in [1.82, 2.24) is 19.8 Å². The number of benzene rings is 1. The fraction of sp³-hybridized carbons (Fsp3) is 0.645. The van der Waals surface area contributed by atoms with Gasteiger partial charge in [0.2, 0.25) is 5.91 Å². The Morgan fingerprint density at radius 2 is 1.89 bits per heavy atom. The highest BCUT2D eigenvalue weighted by Crippen LogP contribution is 2.71. The zero-order valence-corrected chi connectivity index (χ0v) is 21.9. The number of aromatic nitrogens is 2. The van der Waals surface area contributed by atoms with E-state index in [4.69, 9.17) is 4.74 Å². The molecule has 0 unspecified atom stereocenters. The highest BCUT2D eigenvalue weighted by atomic mass is 16.5. The first-order valence-electron chi connectivity index (χ1n) is 14.9. The Morgan fingerprint density at radius 3 is 2.68 bits per heavy atom. The number of amides is 1. The summed E-state index contributed by atoms with van der Waals surface area (Å²) in [5.74, 6) is 3.20. The molecule has 1 aromatic carbocycles. The van der Waals surface area contributed by atoms with E-state index in [1.165, 1.54) is 48.9 Å². The Hall–Kier alpha value is -2.67. The van der Waals surface area contributed by atoms with Gasteiger partial charge in [-0.2, -0.15) is 0 Å². The number of carbonyl (C=O) groups is 1. The summed E-state index contributed by atoms with van der Waals surface area (Å²) in [5, 5.41) is 11.0. The minimum Gasteiger partial charge on any atom is -0.504 e. The van der Waals surface area contributed by atoms with Crippen molar-refractivity contribution in [2.45, 2.75) is 93.7 Å². The Balaban J connectivity index is 1.10. The Labute approximate surface area is 223 Å². The maximum atomic E-state index is 13.9. The van der Waals surface area contributed by atoms with Gasteiger partial charge in [-0.05, 0) is 93.4 Å². The Morgan fingerprint density at radius 1 is 1.05 bits per heavy atom. The van der Waals surface area contributed by atoms with Crippen molar-refractivity contribution in [2.24, 2.45) is 11.3 Å². The minimum absolute atomic E-state index is 0.0252. The molecule has 0 radical (unpaired) electrons. The molecule has 3 saturated carbocycles. The molecule has 2 spiro atoms. The summed E-state index contributed by atoms with van der Waals surface area (Å²) in [6.07, 6.45) is 14.4. The average molecular weight is 513 g/mol. The molecule has 4 bridgehead atoms. The molecule has 2 aromatic rings. The number of carbonyl (C=O) groups excluding carboxylic acids is 1. The molecular weight excluding hydrogens is 476 g/mol. The van der Waals surface area contributed by atoms with E-state index in [1.54, 1.807) is 0 Å². The van der Waals surface area contributed by atoms with Gasteiger partial charge in [0.1, 0.15) is 11.9 Å². The predicted molar refractivity (Wildman–Crippen MR) is 140 cm³/mol. The number of phenolic OH excluding ortho intramolecular Hbond substituents is 1. The number of likely N-dealkylation sites (tertiary alicyclic amines) is 1. The van der Waals surface area contributed by atoms with Crippen molar-refractivity contribution in [3.05, 3.63) is 47.0 Å². The number of piperidine rings is 1. The minimum atomic E-state index is -0.111.